The van der Waals surface area contributed by atoms with Gasteiger partial charge in [0.25, 0.3) is 0 Å². The Bertz CT molecular complexity index is 442. The van der Waals surface area contributed by atoms with Gasteiger partial charge in [-0.25, -0.2) is 0 Å². The van der Waals surface area contributed by atoms with Gasteiger partial charge in [0, 0.05) is 12.4 Å². The van der Waals surface area contributed by atoms with Crippen LogP contribution < -0.4 is 5.73 Å². The summed E-state index contributed by atoms with van der Waals surface area (Å²) in [4.78, 5) is 8.28. The van der Waals surface area contributed by atoms with Crippen LogP contribution >= 0.6 is 11.6 Å². The summed E-state index contributed by atoms with van der Waals surface area (Å²) in [5, 5.41) is 0.530. The zero-order valence-electron chi connectivity index (χ0n) is 7.31. The number of anilines is 1. The zero-order valence-corrected chi connectivity index (χ0v) is 8.07. The molecule has 0 unspecified atom stereocenters. The maximum atomic E-state index is 5.77. The second-order valence-electron chi connectivity index (χ2n) is 2.81. The number of rotatable bonds is 1. The molecule has 14 heavy (non-hydrogen) atoms. The molecule has 2 aromatic heterocycles. The molecular formula is C10H8ClN3. The third-order valence-corrected chi connectivity index (χ3v) is 2.00. The average Bonchev–Trinajstić information content (AvgIpc) is 2.19. The molecule has 0 fully saturated rings. The Hall–Kier alpha value is -1.61. The van der Waals surface area contributed by atoms with Crippen LogP contribution in [0, 0.1) is 0 Å². The van der Waals surface area contributed by atoms with Crippen molar-refractivity contribution in [3.05, 3.63) is 41.7 Å². The predicted molar refractivity (Wildman–Crippen MR) is 56.9 cm³/mol. The monoisotopic (exact) mass is 205 g/mol. The van der Waals surface area contributed by atoms with E-state index in [-0.39, 0.29) is 0 Å². The van der Waals surface area contributed by atoms with Crippen LogP contribution in [0.25, 0.3) is 11.4 Å². The number of hydrogen-bond donors (Lipinski definition) is 1. The van der Waals surface area contributed by atoms with Crippen molar-refractivity contribution in [3.63, 3.8) is 0 Å². The topological polar surface area (TPSA) is 51.8 Å². The highest BCUT2D eigenvalue weighted by Crippen LogP contribution is 2.23. The first-order valence-corrected chi connectivity index (χ1v) is 4.47. The summed E-state index contributed by atoms with van der Waals surface area (Å²) in [6.07, 6.45) is 3.26. The van der Waals surface area contributed by atoms with E-state index in [0.717, 1.165) is 5.69 Å². The summed E-state index contributed by atoms with van der Waals surface area (Å²) in [5.74, 6) is 0. The van der Waals surface area contributed by atoms with Gasteiger partial charge in [-0.15, -0.1) is 0 Å². The number of nitrogens with two attached hydrogens (primary N) is 1. The van der Waals surface area contributed by atoms with Crippen LogP contribution in [-0.2, 0) is 0 Å². The second-order valence-corrected chi connectivity index (χ2v) is 3.24. The average molecular weight is 206 g/mol. The van der Waals surface area contributed by atoms with Gasteiger partial charge in [0.1, 0.15) is 5.69 Å². The summed E-state index contributed by atoms with van der Waals surface area (Å²) in [6.45, 7) is 0. The van der Waals surface area contributed by atoms with Crippen LogP contribution in [0.4, 0.5) is 5.69 Å². The van der Waals surface area contributed by atoms with Gasteiger partial charge in [0.05, 0.1) is 16.4 Å². The van der Waals surface area contributed by atoms with E-state index in [4.69, 9.17) is 17.3 Å². The first-order valence-electron chi connectivity index (χ1n) is 4.10. The fourth-order valence-electron chi connectivity index (χ4n) is 1.17. The van der Waals surface area contributed by atoms with E-state index in [1.165, 1.54) is 0 Å². The van der Waals surface area contributed by atoms with Gasteiger partial charge in [0.2, 0.25) is 0 Å². The normalized spacial score (nSPS) is 10.1. The SMILES string of the molecule is Nc1cc(Cl)cnc1-c1ccccn1. The van der Waals surface area contributed by atoms with Crippen molar-refractivity contribution in [2.45, 2.75) is 0 Å². The van der Waals surface area contributed by atoms with Crippen LogP contribution in [0.2, 0.25) is 5.02 Å². The van der Waals surface area contributed by atoms with Crippen molar-refractivity contribution in [2.24, 2.45) is 0 Å². The molecule has 2 N–H and O–H groups in total. The summed E-state index contributed by atoms with van der Waals surface area (Å²) >= 11 is 5.74. The number of nitrogen functional groups attached to an aromatic ring is 1. The molecule has 0 saturated carbocycles. The van der Waals surface area contributed by atoms with E-state index >= 15 is 0 Å². The van der Waals surface area contributed by atoms with Crippen LogP contribution in [0.15, 0.2) is 36.7 Å². The van der Waals surface area contributed by atoms with Crippen molar-refractivity contribution in [1.29, 1.82) is 0 Å². The van der Waals surface area contributed by atoms with E-state index in [2.05, 4.69) is 9.97 Å². The molecule has 0 aromatic carbocycles. The first kappa shape index (κ1) is 8.97. The molecule has 0 radical (unpaired) electrons. The van der Waals surface area contributed by atoms with E-state index < -0.39 is 0 Å². The lowest BCUT2D eigenvalue weighted by atomic mass is 10.2. The van der Waals surface area contributed by atoms with Crippen LogP contribution in [-0.4, -0.2) is 9.97 Å². The van der Waals surface area contributed by atoms with Gasteiger partial charge < -0.3 is 5.73 Å². The van der Waals surface area contributed by atoms with Crippen molar-refractivity contribution in [3.8, 4) is 11.4 Å². The van der Waals surface area contributed by atoms with Crippen LogP contribution in [0.5, 0.6) is 0 Å². The van der Waals surface area contributed by atoms with Crippen molar-refractivity contribution < 1.29 is 0 Å². The third kappa shape index (κ3) is 1.67. The Labute approximate surface area is 86.6 Å². The zero-order chi connectivity index (χ0) is 9.97. The Morgan fingerprint density at radius 2 is 2.07 bits per heavy atom. The number of pyridine rings is 2. The smallest absolute Gasteiger partial charge is 0.112 e. The number of hydrogen-bond acceptors (Lipinski definition) is 3. The molecule has 0 spiro atoms. The van der Waals surface area contributed by atoms with Gasteiger partial charge in [-0.3, -0.25) is 9.97 Å². The van der Waals surface area contributed by atoms with Gasteiger partial charge in [-0.1, -0.05) is 17.7 Å². The molecular weight excluding hydrogens is 198 g/mol. The van der Waals surface area contributed by atoms with E-state index in [0.29, 0.717) is 16.4 Å². The lowest BCUT2D eigenvalue weighted by Gasteiger charge is -2.03. The van der Waals surface area contributed by atoms with E-state index in [9.17, 15) is 0 Å². The van der Waals surface area contributed by atoms with Gasteiger partial charge in [-0.2, -0.15) is 0 Å². The minimum Gasteiger partial charge on any atom is -0.397 e. The molecule has 0 amide bonds. The largest absolute Gasteiger partial charge is 0.397 e. The minimum atomic E-state index is 0.530. The quantitative estimate of drug-likeness (QED) is 0.778. The number of nitrogens with zero attached hydrogens (tertiary/aromatic N) is 2. The van der Waals surface area contributed by atoms with E-state index in [1.807, 2.05) is 18.2 Å². The van der Waals surface area contributed by atoms with Gasteiger partial charge in [0.15, 0.2) is 0 Å². The highest BCUT2D eigenvalue weighted by atomic mass is 35.5. The lowest BCUT2D eigenvalue weighted by molar-refractivity contribution is 1.25. The highest BCUT2D eigenvalue weighted by molar-refractivity contribution is 6.30. The summed E-state index contributed by atoms with van der Waals surface area (Å²) in [5.41, 5.74) is 7.72. The Balaban J connectivity index is 2.53. The van der Waals surface area contributed by atoms with Crippen molar-refractivity contribution in [2.75, 3.05) is 5.73 Å². The molecule has 0 aliphatic carbocycles. The Kier molecular flexibility index (Phi) is 2.33. The molecule has 2 rings (SSSR count). The molecule has 0 aliphatic rings. The predicted octanol–water partition coefficient (Wildman–Crippen LogP) is 2.38. The number of aromatic nitrogens is 2. The van der Waals surface area contributed by atoms with Crippen molar-refractivity contribution in [1.82, 2.24) is 9.97 Å². The van der Waals surface area contributed by atoms with Gasteiger partial charge >= 0.3 is 0 Å². The molecule has 4 heteroatoms. The number of halogens is 1. The van der Waals surface area contributed by atoms with E-state index in [1.54, 1.807) is 18.5 Å². The molecule has 2 heterocycles. The molecule has 0 bridgehead atoms. The molecule has 0 saturated heterocycles. The standard InChI is InChI=1S/C10H8ClN3/c11-7-5-8(12)10(14-6-7)9-3-1-2-4-13-9/h1-6H,12H2. The molecule has 0 aliphatic heterocycles. The molecule has 70 valence electrons. The van der Waals surface area contributed by atoms with Crippen LogP contribution in [0.1, 0.15) is 0 Å². The molecule has 0 atom stereocenters. The summed E-state index contributed by atoms with van der Waals surface area (Å²) < 4.78 is 0. The fraction of sp³-hybridized carbons (Fsp3) is 0. The van der Waals surface area contributed by atoms with Crippen molar-refractivity contribution >= 4 is 17.3 Å². The maximum absolute atomic E-state index is 5.77. The fourth-order valence-corrected chi connectivity index (χ4v) is 1.34. The lowest BCUT2D eigenvalue weighted by Crippen LogP contribution is -1.94. The summed E-state index contributed by atoms with van der Waals surface area (Å²) in [6, 6.07) is 7.25. The van der Waals surface area contributed by atoms with Crippen LogP contribution in [0.3, 0.4) is 0 Å². The third-order valence-electron chi connectivity index (χ3n) is 1.79. The second kappa shape index (κ2) is 3.64. The Morgan fingerprint density at radius 3 is 2.71 bits per heavy atom. The maximum Gasteiger partial charge on any atom is 0.112 e. The first-order chi connectivity index (χ1) is 6.77. The summed E-state index contributed by atoms with van der Waals surface area (Å²) in [7, 11) is 0. The minimum absolute atomic E-state index is 0.530. The Morgan fingerprint density at radius 1 is 1.21 bits per heavy atom. The molecule has 2 aromatic rings. The molecule has 3 nitrogen and oxygen atoms in total. The highest BCUT2D eigenvalue weighted by Gasteiger charge is 2.04. The van der Waals surface area contributed by atoms with Gasteiger partial charge in [-0.05, 0) is 18.2 Å².